The van der Waals surface area contributed by atoms with Gasteiger partial charge in [0.15, 0.2) is 0 Å². The van der Waals surface area contributed by atoms with Crippen LogP contribution in [0.25, 0.3) is 0 Å². The summed E-state index contributed by atoms with van der Waals surface area (Å²) in [5.41, 5.74) is 0.823. The van der Waals surface area contributed by atoms with Gasteiger partial charge in [0, 0.05) is 0 Å². The zero-order chi connectivity index (χ0) is 20.7. The summed E-state index contributed by atoms with van der Waals surface area (Å²) in [6.07, 6.45) is 1.68. The number of nitrogens with one attached hydrogen (secondary N) is 1. The first-order valence-electron chi connectivity index (χ1n) is 8.95. The van der Waals surface area contributed by atoms with Crippen LogP contribution in [0.4, 0.5) is 15.2 Å². The predicted octanol–water partition coefficient (Wildman–Crippen LogP) is 3.10. The van der Waals surface area contributed by atoms with Crippen molar-refractivity contribution in [3.05, 3.63) is 45.0 Å². The van der Waals surface area contributed by atoms with Gasteiger partial charge in [0.25, 0.3) is 0 Å². The number of aromatic nitrogens is 2. The second-order valence-electron chi connectivity index (χ2n) is 7.34. The Morgan fingerprint density at radius 1 is 1.39 bits per heavy atom. The van der Waals surface area contributed by atoms with Crippen LogP contribution in [0, 0.1) is 10.1 Å². The number of alkyl carbamates (subject to hydrolysis) is 1. The number of carbonyl (C=O) groups excluding carboxylic acids is 1. The molecule has 2 aromatic rings. The van der Waals surface area contributed by atoms with Crippen molar-refractivity contribution in [2.45, 2.75) is 58.6 Å². The molecule has 28 heavy (non-hydrogen) atoms. The van der Waals surface area contributed by atoms with E-state index >= 15 is 0 Å². The summed E-state index contributed by atoms with van der Waals surface area (Å²) in [6, 6.07) is 7.16. The van der Waals surface area contributed by atoms with E-state index in [1.165, 1.54) is 0 Å². The van der Waals surface area contributed by atoms with Gasteiger partial charge in [-0.15, -0.1) is 0 Å². The Kier molecular flexibility index (Phi) is 7.53. The van der Waals surface area contributed by atoms with Crippen LogP contribution < -0.4 is 10.3 Å². The minimum Gasteiger partial charge on any atom is -0.0253 e. The fourth-order valence-corrected chi connectivity index (χ4v) is 3.78. The summed E-state index contributed by atoms with van der Waals surface area (Å²) in [7, 11) is 0. The fourth-order valence-electron chi connectivity index (χ4n) is 2.63. The third-order valence-corrected chi connectivity index (χ3v) is 5.15. The van der Waals surface area contributed by atoms with Crippen molar-refractivity contribution >= 4 is 31.0 Å². The number of hydrazine groups is 1. The number of hydrogen-bond acceptors (Lipinski definition) is 6. The Labute approximate surface area is 170 Å². The van der Waals surface area contributed by atoms with Crippen molar-refractivity contribution < 1.29 is 14.6 Å². The van der Waals surface area contributed by atoms with E-state index < -0.39 is 16.7 Å². The molecule has 10 heteroatoms. The SMILES string of the molecule is CC(CCCc1ccccc1N(c1nnc[se]1)[N+](=O)[O-])NC(=O)OC(C)(C)C. The topological polar surface area (TPSA) is 110 Å². The van der Waals surface area contributed by atoms with Gasteiger partial charge >= 0.3 is 149 Å². The molecule has 0 spiro atoms. The van der Waals surface area contributed by atoms with Crippen LogP contribution in [0.2, 0.25) is 0 Å². The number of aryl methyl sites for hydroxylation is 1. The molecule has 0 aliphatic rings. The first-order chi connectivity index (χ1) is 13.2. The molecule has 2 rings (SSSR count). The van der Waals surface area contributed by atoms with Gasteiger partial charge < -0.3 is 0 Å². The van der Waals surface area contributed by atoms with Crippen LogP contribution >= 0.6 is 0 Å². The smallest absolute Gasteiger partial charge is 0.0253 e. The monoisotopic (exact) mass is 455 g/mol. The summed E-state index contributed by atoms with van der Waals surface area (Å²) >= 11 is -0.258. The summed E-state index contributed by atoms with van der Waals surface area (Å²) < 4.78 is 5.60. The van der Waals surface area contributed by atoms with E-state index in [9.17, 15) is 14.9 Å². The predicted molar refractivity (Wildman–Crippen MR) is 106 cm³/mol. The van der Waals surface area contributed by atoms with Crippen LogP contribution in [-0.4, -0.2) is 47.5 Å². The molecule has 1 aromatic heterocycles. The van der Waals surface area contributed by atoms with Gasteiger partial charge in [0.05, 0.1) is 0 Å². The van der Waals surface area contributed by atoms with Crippen LogP contribution in [0.1, 0.15) is 46.1 Å². The second kappa shape index (κ2) is 9.66. The number of amides is 1. The number of hydrogen-bond donors (Lipinski definition) is 1. The second-order valence-corrected chi connectivity index (χ2v) is 9.04. The summed E-state index contributed by atoms with van der Waals surface area (Å²) in [5, 5.41) is 24.2. The summed E-state index contributed by atoms with van der Waals surface area (Å²) in [6.45, 7) is 7.36. The molecule has 0 bridgehead atoms. The quantitative estimate of drug-likeness (QED) is 0.371. The molecule has 0 saturated carbocycles. The average molecular weight is 454 g/mol. The van der Waals surface area contributed by atoms with Gasteiger partial charge in [0.1, 0.15) is 0 Å². The molecule has 9 nitrogen and oxygen atoms in total. The molecule has 0 radical (unpaired) electrons. The van der Waals surface area contributed by atoms with E-state index in [0.717, 1.165) is 23.4 Å². The molecule has 1 atom stereocenters. The zero-order valence-corrected chi connectivity index (χ0v) is 18.1. The number of rotatable bonds is 8. The number of anilines is 2. The molecule has 1 aromatic carbocycles. The Hall–Kier alpha value is -2.45. The van der Waals surface area contributed by atoms with Crippen LogP contribution in [-0.2, 0) is 11.2 Å². The van der Waals surface area contributed by atoms with Crippen LogP contribution in [0.5, 0.6) is 0 Å². The molecular weight excluding hydrogens is 429 g/mol. The van der Waals surface area contributed by atoms with Gasteiger partial charge in [-0.2, -0.15) is 0 Å². The number of carbonyl (C=O) groups is 1. The van der Waals surface area contributed by atoms with E-state index in [4.69, 9.17) is 4.74 Å². The number of nitro groups is 1. The minimum atomic E-state index is -0.539. The number of para-hydroxylation sites is 1. The van der Waals surface area contributed by atoms with Crippen molar-refractivity contribution in [2.75, 3.05) is 5.01 Å². The third kappa shape index (κ3) is 6.61. The average Bonchev–Trinajstić information content (AvgIpc) is 3.08. The Morgan fingerprint density at radius 2 is 2.11 bits per heavy atom. The molecular formula is C18H25N5O4Se. The van der Waals surface area contributed by atoms with Crippen molar-refractivity contribution in [1.29, 1.82) is 0 Å². The molecule has 0 aliphatic heterocycles. The summed E-state index contributed by atoms with van der Waals surface area (Å²) in [5.74, 6) is 0. The Bertz CT molecular complexity index is 792. The third-order valence-electron chi connectivity index (χ3n) is 3.76. The van der Waals surface area contributed by atoms with Crippen molar-refractivity contribution in [2.24, 2.45) is 0 Å². The molecule has 1 N–H and O–H groups in total. The van der Waals surface area contributed by atoms with Crippen LogP contribution in [0.15, 0.2) is 29.3 Å². The van der Waals surface area contributed by atoms with E-state index in [0.29, 0.717) is 16.8 Å². The standard InChI is InChI=1S/C18H25N5O4Se/c1-13(20-17(24)27-18(2,3)4)8-7-10-14-9-5-6-11-15(14)22(23(25)26)16-21-19-12-28-16/h5-6,9,11-13H,7-8,10H2,1-4H3,(H,20,24). The maximum atomic E-state index is 11.8. The van der Waals surface area contributed by atoms with E-state index in [1.807, 2.05) is 39.8 Å². The molecule has 0 saturated heterocycles. The Morgan fingerprint density at radius 3 is 2.71 bits per heavy atom. The van der Waals surface area contributed by atoms with Crippen molar-refractivity contribution in [3.63, 3.8) is 0 Å². The first kappa shape index (κ1) is 21.8. The molecule has 152 valence electrons. The fraction of sp³-hybridized carbons (Fsp3) is 0.500. The Balaban J connectivity index is 1.98. The summed E-state index contributed by atoms with van der Waals surface area (Å²) in [4.78, 5) is 23.4. The minimum absolute atomic E-state index is 0.0652. The number of ether oxygens (including phenoxy) is 1. The van der Waals surface area contributed by atoms with Gasteiger partial charge in [0.2, 0.25) is 0 Å². The van der Waals surface area contributed by atoms with Crippen molar-refractivity contribution in [3.8, 4) is 0 Å². The first-order valence-corrected chi connectivity index (χ1v) is 10.8. The molecule has 1 heterocycles. The number of nitrogens with zero attached hydrogens (tertiary/aromatic N) is 4. The van der Waals surface area contributed by atoms with Crippen molar-refractivity contribution in [1.82, 2.24) is 15.5 Å². The van der Waals surface area contributed by atoms with E-state index in [2.05, 4.69) is 15.5 Å². The van der Waals surface area contributed by atoms with Crippen LogP contribution in [0.3, 0.4) is 0 Å². The molecule has 1 unspecified atom stereocenters. The van der Waals surface area contributed by atoms with Gasteiger partial charge in [-0.1, -0.05) is 0 Å². The van der Waals surface area contributed by atoms with E-state index in [1.54, 1.807) is 17.2 Å². The molecule has 0 aliphatic carbocycles. The normalized spacial score (nSPS) is 12.3. The van der Waals surface area contributed by atoms with Gasteiger partial charge in [-0.3, -0.25) is 0 Å². The maximum absolute atomic E-state index is 11.8. The van der Waals surface area contributed by atoms with Gasteiger partial charge in [-0.25, -0.2) is 0 Å². The molecule has 0 fully saturated rings. The number of benzene rings is 1. The molecule has 1 amide bonds. The van der Waals surface area contributed by atoms with E-state index in [-0.39, 0.29) is 20.5 Å². The zero-order valence-electron chi connectivity index (χ0n) is 16.4. The van der Waals surface area contributed by atoms with Gasteiger partial charge in [-0.05, 0) is 20.8 Å².